The molecule has 1 saturated heterocycles. The van der Waals surface area contributed by atoms with Gasteiger partial charge in [0.1, 0.15) is 0 Å². The highest BCUT2D eigenvalue weighted by Gasteiger charge is 2.25. The maximum absolute atomic E-state index is 11.8. The van der Waals surface area contributed by atoms with Crippen LogP contribution in [-0.4, -0.2) is 25.7 Å². The van der Waals surface area contributed by atoms with E-state index in [2.05, 4.69) is 0 Å². The molecule has 0 aromatic carbocycles. The number of rotatable bonds is 5. The number of unbranched alkanes of at least 4 members (excludes halogenated alkanes) is 1. The van der Waals surface area contributed by atoms with E-state index in [1.165, 1.54) is 0 Å². The van der Waals surface area contributed by atoms with E-state index in [0.717, 1.165) is 19.3 Å². The summed E-state index contributed by atoms with van der Waals surface area (Å²) >= 11 is 0. The molecule has 2 nitrogen and oxygen atoms in total. The lowest BCUT2D eigenvalue weighted by Crippen LogP contribution is -2.22. The van der Waals surface area contributed by atoms with E-state index in [9.17, 15) is 13.2 Å². The second-order valence-corrected chi connectivity index (χ2v) is 3.74. The van der Waals surface area contributed by atoms with Crippen molar-refractivity contribution in [3.63, 3.8) is 0 Å². The van der Waals surface area contributed by atoms with E-state index in [4.69, 9.17) is 9.47 Å². The smallest absolute Gasteiger partial charge is 0.353 e. The van der Waals surface area contributed by atoms with Gasteiger partial charge in [-0.1, -0.05) is 0 Å². The molecule has 1 rings (SSSR count). The van der Waals surface area contributed by atoms with Crippen molar-refractivity contribution in [1.29, 1.82) is 0 Å². The minimum Gasteiger partial charge on any atom is -0.353 e. The van der Waals surface area contributed by atoms with Crippen molar-refractivity contribution >= 4 is 0 Å². The van der Waals surface area contributed by atoms with Gasteiger partial charge in [0.25, 0.3) is 0 Å². The quantitative estimate of drug-likeness (QED) is 0.670. The highest BCUT2D eigenvalue weighted by atomic mass is 19.4. The Bertz CT molecular complexity index is 165. The molecule has 0 radical (unpaired) electrons. The van der Waals surface area contributed by atoms with Crippen LogP contribution in [0.2, 0.25) is 0 Å². The Morgan fingerprint density at radius 3 is 2.60 bits per heavy atom. The Hall–Kier alpha value is -0.290. The summed E-state index contributed by atoms with van der Waals surface area (Å²) in [5.74, 6) is 0. The molecule has 0 aliphatic carbocycles. The van der Waals surface area contributed by atoms with Gasteiger partial charge in [-0.05, 0) is 32.1 Å². The Kier molecular flexibility index (Phi) is 5.39. The summed E-state index contributed by atoms with van der Waals surface area (Å²) in [6.45, 7) is 1.06. The standard InChI is InChI=1S/C10H17F3O2/c11-10(12,13)6-2-4-8-15-9-5-1-3-7-14-9/h9H,1-8H2. The summed E-state index contributed by atoms with van der Waals surface area (Å²) in [6, 6.07) is 0. The Morgan fingerprint density at radius 2 is 2.00 bits per heavy atom. The van der Waals surface area contributed by atoms with Gasteiger partial charge in [-0.2, -0.15) is 13.2 Å². The first kappa shape index (κ1) is 12.8. The predicted molar refractivity (Wildman–Crippen MR) is 49.4 cm³/mol. The molecule has 0 aromatic rings. The van der Waals surface area contributed by atoms with Crippen LogP contribution in [0.5, 0.6) is 0 Å². The summed E-state index contributed by atoms with van der Waals surface area (Å²) in [6.07, 6.45) is -1.39. The molecule has 15 heavy (non-hydrogen) atoms. The van der Waals surface area contributed by atoms with Gasteiger partial charge in [-0.15, -0.1) is 0 Å². The van der Waals surface area contributed by atoms with Crippen molar-refractivity contribution in [1.82, 2.24) is 0 Å². The second-order valence-electron chi connectivity index (χ2n) is 3.74. The van der Waals surface area contributed by atoms with Crippen LogP contribution >= 0.6 is 0 Å². The third kappa shape index (κ3) is 6.73. The molecule has 1 aliphatic heterocycles. The molecule has 5 heteroatoms. The topological polar surface area (TPSA) is 18.5 Å². The predicted octanol–water partition coefficient (Wildman–Crippen LogP) is 3.26. The van der Waals surface area contributed by atoms with Crippen LogP contribution in [0.15, 0.2) is 0 Å². The molecule has 1 fully saturated rings. The molecule has 1 unspecified atom stereocenters. The fraction of sp³-hybridized carbons (Fsp3) is 1.00. The summed E-state index contributed by atoms with van der Waals surface area (Å²) in [5, 5.41) is 0. The number of hydrogen-bond acceptors (Lipinski definition) is 2. The third-order valence-corrected chi connectivity index (χ3v) is 2.30. The fourth-order valence-corrected chi connectivity index (χ4v) is 1.48. The Morgan fingerprint density at radius 1 is 1.20 bits per heavy atom. The average Bonchev–Trinajstić information content (AvgIpc) is 2.17. The highest BCUT2D eigenvalue weighted by molar-refractivity contribution is 4.55. The molecule has 0 aromatic heterocycles. The second kappa shape index (κ2) is 6.33. The lowest BCUT2D eigenvalue weighted by molar-refractivity contribution is -0.165. The van der Waals surface area contributed by atoms with Gasteiger partial charge in [0, 0.05) is 19.6 Å². The van der Waals surface area contributed by atoms with Crippen LogP contribution in [0, 0.1) is 0 Å². The summed E-state index contributed by atoms with van der Waals surface area (Å²) < 4.78 is 45.9. The molecule has 0 spiro atoms. The van der Waals surface area contributed by atoms with Crippen molar-refractivity contribution in [2.24, 2.45) is 0 Å². The summed E-state index contributed by atoms with van der Waals surface area (Å²) in [4.78, 5) is 0. The first-order valence-electron chi connectivity index (χ1n) is 5.38. The minimum absolute atomic E-state index is 0.135. The van der Waals surface area contributed by atoms with Crippen molar-refractivity contribution in [2.75, 3.05) is 13.2 Å². The van der Waals surface area contributed by atoms with E-state index in [0.29, 0.717) is 19.6 Å². The van der Waals surface area contributed by atoms with Crippen molar-refractivity contribution in [2.45, 2.75) is 51.0 Å². The molecular formula is C10H17F3O2. The van der Waals surface area contributed by atoms with Crippen LogP contribution in [0.4, 0.5) is 13.2 Å². The molecule has 0 bridgehead atoms. The zero-order chi connectivity index (χ0) is 11.1. The first-order valence-corrected chi connectivity index (χ1v) is 5.38. The van der Waals surface area contributed by atoms with Crippen LogP contribution in [0.25, 0.3) is 0 Å². The maximum atomic E-state index is 11.8. The molecule has 0 N–H and O–H groups in total. The first-order chi connectivity index (χ1) is 7.08. The van der Waals surface area contributed by atoms with E-state index >= 15 is 0 Å². The molecule has 1 heterocycles. The average molecular weight is 226 g/mol. The third-order valence-electron chi connectivity index (χ3n) is 2.30. The van der Waals surface area contributed by atoms with Crippen molar-refractivity contribution in [3.05, 3.63) is 0 Å². The summed E-state index contributed by atoms with van der Waals surface area (Å²) in [7, 11) is 0. The SMILES string of the molecule is FC(F)(F)CCCCOC1CCCCO1. The number of ether oxygens (including phenoxy) is 2. The lowest BCUT2D eigenvalue weighted by Gasteiger charge is -2.22. The van der Waals surface area contributed by atoms with Crippen molar-refractivity contribution < 1.29 is 22.6 Å². The molecule has 1 aliphatic rings. The monoisotopic (exact) mass is 226 g/mol. The maximum Gasteiger partial charge on any atom is 0.389 e. The fourth-order valence-electron chi connectivity index (χ4n) is 1.48. The van der Waals surface area contributed by atoms with Gasteiger partial charge in [-0.25, -0.2) is 0 Å². The summed E-state index contributed by atoms with van der Waals surface area (Å²) in [5.41, 5.74) is 0. The van der Waals surface area contributed by atoms with Crippen LogP contribution in [-0.2, 0) is 9.47 Å². The minimum atomic E-state index is -4.04. The molecule has 0 saturated carbocycles. The van der Waals surface area contributed by atoms with Gasteiger partial charge in [0.2, 0.25) is 0 Å². The number of hydrogen-bond donors (Lipinski definition) is 0. The van der Waals surface area contributed by atoms with Gasteiger partial charge >= 0.3 is 6.18 Å². The van der Waals surface area contributed by atoms with E-state index in [1.807, 2.05) is 0 Å². The zero-order valence-electron chi connectivity index (χ0n) is 8.68. The van der Waals surface area contributed by atoms with Crippen LogP contribution in [0.1, 0.15) is 38.5 Å². The lowest BCUT2D eigenvalue weighted by atomic mass is 10.2. The zero-order valence-corrected chi connectivity index (χ0v) is 8.68. The highest BCUT2D eigenvalue weighted by Crippen LogP contribution is 2.22. The van der Waals surface area contributed by atoms with E-state index < -0.39 is 12.6 Å². The van der Waals surface area contributed by atoms with Crippen LogP contribution < -0.4 is 0 Å². The number of alkyl halides is 3. The molecule has 90 valence electrons. The van der Waals surface area contributed by atoms with Crippen LogP contribution in [0.3, 0.4) is 0 Å². The normalized spacial score (nSPS) is 23.0. The van der Waals surface area contributed by atoms with Gasteiger partial charge < -0.3 is 9.47 Å². The van der Waals surface area contributed by atoms with Gasteiger partial charge in [-0.3, -0.25) is 0 Å². The molecule has 1 atom stereocenters. The Balaban J connectivity index is 1.92. The largest absolute Gasteiger partial charge is 0.389 e. The molecule has 0 amide bonds. The van der Waals surface area contributed by atoms with E-state index in [-0.39, 0.29) is 12.7 Å². The van der Waals surface area contributed by atoms with Gasteiger partial charge in [0.05, 0.1) is 0 Å². The number of halogens is 3. The molecular weight excluding hydrogens is 209 g/mol. The van der Waals surface area contributed by atoms with Crippen molar-refractivity contribution in [3.8, 4) is 0 Å². The van der Waals surface area contributed by atoms with E-state index in [1.54, 1.807) is 0 Å². The Labute approximate surface area is 87.7 Å². The van der Waals surface area contributed by atoms with Gasteiger partial charge in [0.15, 0.2) is 6.29 Å².